The van der Waals surface area contributed by atoms with E-state index >= 15 is 0 Å². The van der Waals surface area contributed by atoms with Gasteiger partial charge in [0.1, 0.15) is 0 Å². The van der Waals surface area contributed by atoms with Gasteiger partial charge in [-0.2, -0.15) is 5.10 Å². The Labute approximate surface area is 133 Å². The third-order valence-electron chi connectivity index (χ3n) is 3.95. The van der Waals surface area contributed by atoms with Crippen molar-refractivity contribution in [1.29, 1.82) is 0 Å². The molecule has 0 aliphatic carbocycles. The maximum absolute atomic E-state index is 4.56. The van der Waals surface area contributed by atoms with Gasteiger partial charge in [-0.3, -0.25) is 5.10 Å². The van der Waals surface area contributed by atoms with Gasteiger partial charge in [-0.05, 0) is 51.9 Å². The van der Waals surface area contributed by atoms with Crippen molar-refractivity contribution in [1.82, 2.24) is 25.7 Å². The van der Waals surface area contributed by atoms with Crippen LogP contribution in [0.1, 0.15) is 44.7 Å². The normalized spacial score (nSPS) is 17.2. The quantitative estimate of drug-likeness (QED) is 0.408. The molecule has 0 radical (unpaired) electrons. The molecule has 1 aromatic heterocycles. The summed E-state index contributed by atoms with van der Waals surface area (Å²) in [6, 6.07) is 1.95. The van der Waals surface area contributed by atoms with E-state index in [1.165, 1.54) is 45.3 Å². The van der Waals surface area contributed by atoms with Gasteiger partial charge in [0.25, 0.3) is 0 Å². The third-order valence-corrected chi connectivity index (χ3v) is 3.95. The molecule has 0 atom stereocenters. The smallest absolute Gasteiger partial charge is 0.191 e. The van der Waals surface area contributed by atoms with Gasteiger partial charge in [0.2, 0.25) is 0 Å². The van der Waals surface area contributed by atoms with Gasteiger partial charge < -0.3 is 15.5 Å². The fourth-order valence-corrected chi connectivity index (χ4v) is 2.75. The molecule has 0 unspecified atom stereocenters. The minimum absolute atomic E-state index is 0.626. The Kier molecular flexibility index (Phi) is 7.80. The predicted molar refractivity (Wildman–Crippen MR) is 90.9 cm³/mol. The van der Waals surface area contributed by atoms with E-state index in [2.05, 4.69) is 37.6 Å². The van der Waals surface area contributed by atoms with Crippen molar-refractivity contribution in [3.63, 3.8) is 0 Å². The minimum atomic E-state index is 0.626. The summed E-state index contributed by atoms with van der Waals surface area (Å²) in [5, 5.41) is 13.6. The van der Waals surface area contributed by atoms with Crippen molar-refractivity contribution in [2.45, 2.75) is 45.6 Å². The Bertz CT molecular complexity index is 406. The number of hydrogen-bond acceptors (Lipinski definition) is 3. The van der Waals surface area contributed by atoms with Crippen LogP contribution in [-0.4, -0.2) is 53.8 Å². The van der Waals surface area contributed by atoms with Crippen molar-refractivity contribution in [3.8, 4) is 0 Å². The number of aromatic amines is 1. The molecule has 1 aromatic rings. The van der Waals surface area contributed by atoms with Crippen LogP contribution in [0.4, 0.5) is 0 Å². The van der Waals surface area contributed by atoms with E-state index in [4.69, 9.17) is 0 Å². The Morgan fingerprint density at radius 1 is 1.27 bits per heavy atom. The van der Waals surface area contributed by atoms with Crippen LogP contribution in [0, 0.1) is 0 Å². The van der Waals surface area contributed by atoms with E-state index in [9.17, 15) is 0 Å². The number of aromatic nitrogens is 2. The Hall–Kier alpha value is -1.56. The molecule has 0 saturated carbocycles. The van der Waals surface area contributed by atoms with Crippen LogP contribution in [0.2, 0.25) is 0 Å². The standard InChI is InChI=1S/C16H30N6/c1-2-17-16(19-14-15-8-10-20-21-15)18-9-7-13-22-11-5-3-4-6-12-22/h8,10H,2-7,9,11-14H2,1H3,(H,20,21)(H2,17,18,19). The predicted octanol–water partition coefficient (Wildman–Crippen LogP) is 1.73. The van der Waals surface area contributed by atoms with Gasteiger partial charge in [-0.25, -0.2) is 4.99 Å². The minimum Gasteiger partial charge on any atom is -0.357 e. The Balaban J connectivity index is 1.66. The molecule has 2 rings (SSSR count). The number of H-pyrrole nitrogens is 1. The van der Waals surface area contributed by atoms with Crippen molar-refractivity contribution >= 4 is 5.96 Å². The first-order valence-corrected chi connectivity index (χ1v) is 8.61. The molecule has 0 aromatic carbocycles. The number of likely N-dealkylation sites (tertiary alicyclic amines) is 1. The van der Waals surface area contributed by atoms with Crippen LogP contribution in [-0.2, 0) is 6.54 Å². The van der Waals surface area contributed by atoms with E-state index < -0.39 is 0 Å². The highest BCUT2D eigenvalue weighted by atomic mass is 15.2. The van der Waals surface area contributed by atoms with Crippen molar-refractivity contribution in [3.05, 3.63) is 18.0 Å². The lowest BCUT2D eigenvalue weighted by Crippen LogP contribution is -2.39. The molecule has 2 heterocycles. The van der Waals surface area contributed by atoms with Crippen LogP contribution >= 0.6 is 0 Å². The highest BCUT2D eigenvalue weighted by Gasteiger charge is 2.08. The average molecular weight is 306 g/mol. The van der Waals surface area contributed by atoms with Crippen LogP contribution in [0.3, 0.4) is 0 Å². The second-order valence-corrected chi connectivity index (χ2v) is 5.81. The number of nitrogens with one attached hydrogen (secondary N) is 3. The van der Waals surface area contributed by atoms with Gasteiger partial charge in [0.15, 0.2) is 5.96 Å². The van der Waals surface area contributed by atoms with E-state index in [1.54, 1.807) is 6.20 Å². The van der Waals surface area contributed by atoms with Gasteiger partial charge >= 0.3 is 0 Å². The number of hydrogen-bond donors (Lipinski definition) is 3. The maximum atomic E-state index is 4.56. The fourth-order valence-electron chi connectivity index (χ4n) is 2.75. The van der Waals surface area contributed by atoms with Gasteiger partial charge in [0, 0.05) is 19.3 Å². The summed E-state index contributed by atoms with van der Waals surface area (Å²) in [6.07, 6.45) is 8.45. The monoisotopic (exact) mass is 306 g/mol. The Morgan fingerprint density at radius 3 is 2.77 bits per heavy atom. The molecule has 1 aliphatic heterocycles. The number of rotatable bonds is 7. The molecular formula is C16H30N6. The molecule has 22 heavy (non-hydrogen) atoms. The van der Waals surface area contributed by atoms with Crippen LogP contribution in [0.5, 0.6) is 0 Å². The topological polar surface area (TPSA) is 68.3 Å². The third kappa shape index (κ3) is 6.47. The van der Waals surface area contributed by atoms with Crippen LogP contribution in [0.25, 0.3) is 0 Å². The summed E-state index contributed by atoms with van der Waals surface area (Å²) in [4.78, 5) is 7.17. The second kappa shape index (κ2) is 10.2. The number of aliphatic imine (C=N–C) groups is 1. The lowest BCUT2D eigenvalue weighted by molar-refractivity contribution is 0.282. The van der Waals surface area contributed by atoms with Crippen molar-refractivity contribution < 1.29 is 0 Å². The molecule has 6 nitrogen and oxygen atoms in total. The molecule has 3 N–H and O–H groups in total. The summed E-state index contributed by atoms with van der Waals surface area (Å²) in [5.41, 5.74) is 1.03. The average Bonchev–Trinajstić information content (AvgIpc) is 2.92. The first-order valence-electron chi connectivity index (χ1n) is 8.61. The second-order valence-electron chi connectivity index (χ2n) is 5.81. The molecule has 1 fully saturated rings. The maximum Gasteiger partial charge on any atom is 0.191 e. The highest BCUT2D eigenvalue weighted by Crippen LogP contribution is 2.09. The summed E-state index contributed by atoms with van der Waals surface area (Å²) >= 11 is 0. The molecule has 1 saturated heterocycles. The summed E-state index contributed by atoms with van der Waals surface area (Å²) in [6.45, 7) is 8.28. The largest absolute Gasteiger partial charge is 0.357 e. The van der Waals surface area contributed by atoms with Crippen LogP contribution < -0.4 is 10.6 Å². The van der Waals surface area contributed by atoms with Gasteiger partial charge in [-0.15, -0.1) is 0 Å². The first kappa shape index (κ1) is 16.8. The molecule has 1 aliphatic rings. The Morgan fingerprint density at radius 2 is 2.09 bits per heavy atom. The summed E-state index contributed by atoms with van der Waals surface area (Å²) in [5.74, 6) is 0.882. The number of nitrogens with zero attached hydrogens (tertiary/aromatic N) is 3. The first-order chi connectivity index (χ1) is 10.9. The van der Waals surface area contributed by atoms with Gasteiger partial charge in [0.05, 0.1) is 12.2 Å². The van der Waals surface area contributed by atoms with E-state index in [1.807, 2.05) is 6.07 Å². The molecule has 0 spiro atoms. The van der Waals surface area contributed by atoms with Gasteiger partial charge in [-0.1, -0.05) is 12.8 Å². The van der Waals surface area contributed by atoms with Crippen molar-refractivity contribution in [2.75, 3.05) is 32.7 Å². The molecular weight excluding hydrogens is 276 g/mol. The summed E-state index contributed by atoms with van der Waals surface area (Å²) in [7, 11) is 0. The highest BCUT2D eigenvalue weighted by molar-refractivity contribution is 5.79. The molecule has 124 valence electrons. The SMILES string of the molecule is CCNC(=NCc1ccn[nH]1)NCCCN1CCCCCC1. The van der Waals surface area contributed by atoms with Crippen molar-refractivity contribution in [2.24, 2.45) is 4.99 Å². The summed E-state index contributed by atoms with van der Waals surface area (Å²) < 4.78 is 0. The molecule has 6 heteroatoms. The zero-order valence-corrected chi connectivity index (χ0v) is 13.8. The zero-order chi connectivity index (χ0) is 15.5. The lowest BCUT2D eigenvalue weighted by atomic mass is 10.2. The molecule has 0 bridgehead atoms. The fraction of sp³-hybridized carbons (Fsp3) is 0.750. The zero-order valence-electron chi connectivity index (χ0n) is 13.8. The number of guanidine groups is 1. The van der Waals surface area contributed by atoms with E-state index in [0.29, 0.717) is 6.54 Å². The molecule has 0 amide bonds. The van der Waals surface area contributed by atoms with E-state index in [-0.39, 0.29) is 0 Å². The van der Waals surface area contributed by atoms with E-state index in [0.717, 1.165) is 31.2 Å². The van der Waals surface area contributed by atoms with Crippen LogP contribution in [0.15, 0.2) is 17.3 Å². The lowest BCUT2D eigenvalue weighted by Gasteiger charge is -2.20.